The minimum atomic E-state index is -0.0475. The third-order valence-electron chi connectivity index (χ3n) is 8.79. The van der Waals surface area contributed by atoms with Gasteiger partial charge in [0.05, 0.1) is 0 Å². The highest BCUT2D eigenvalue weighted by molar-refractivity contribution is 6.17. The summed E-state index contributed by atoms with van der Waals surface area (Å²) in [4.78, 5) is 15.2. The van der Waals surface area contributed by atoms with E-state index >= 15 is 4.79 Å². The third-order valence-corrected chi connectivity index (χ3v) is 8.79. The predicted octanol–water partition coefficient (Wildman–Crippen LogP) is 12.2. The number of hydrogen-bond donors (Lipinski definition) is 0. The average molecular weight is 599 g/mol. The number of carbonyl (C=O) groups is 1. The summed E-state index contributed by atoms with van der Waals surface area (Å²) in [5, 5.41) is 0. The van der Waals surface area contributed by atoms with Crippen molar-refractivity contribution in [2.75, 3.05) is 0 Å². The zero-order valence-corrected chi connectivity index (χ0v) is 27.8. The normalized spacial score (nSPS) is 11.8. The van der Waals surface area contributed by atoms with E-state index in [2.05, 4.69) is 151 Å². The van der Waals surface area contributed by atoms with Gasteiger partial charge in [-0.3, -0.25) is 4.79 Å². The smallest absolute Gasteiger partial charge is 0.194 e. The molecule has 6 aromatic carbocycles. The Hall–Kier alpha value is -5.01. The van der Waals surface area contributed by atoms with Crippen LogP contribution in [0.4, 0.5) is 0 Å². The van der Waals surface area contributed by atoms with Crippen LogP contribution in [0, 0.1) is 0 Å². The van der Waals surface area contributed by atoms with Crippen LogP contribution in [-0.2, 0) is 10.8 Å². The van der Waals surface area contributed by atoms with Crippen LogP contribution in [0.1, 0.15) is 68.6 Å². The third kappa shape index (κ3) is 6.24. The molecule has 6 aromatic rings. The molecule has 0 aliphatic rings. The van der Waals surface area contributed by atoms with E-state index in [0.29, 0.717) is 11.1 Å². The van der Waals surface area contributed by atoms with Gasteiger partial charge in [-0.25, -0.2) is 0 Å². The van der Waals surface area contributed by atoms with Crippen molar-refractivity contribution in [2.45, 2.75) is 52.4 Å². The summed E-state index contributed by atoms with van der Waals surface area (Å²) in [6.07, 6.45) is 0. The van der Waals surface area contributed by atoms with Crippen LogP contribution in [0.25, 0.3) is 44.5 Å². The molecule has 0 aliphatic carbocycles. The molecule has 0 radical (unpaired) electrons. The molecule has 0 bridgehead atoms. The van der Waals surface area contributed by atoms with Gasteiger partial charge in [-0.2, -0.15) is 0 Å². The van der Waals surface area contributed by atoms with Crippen LogP contribution in [-0.4, -0.2) is 5.78 Å². The van der Waals surface area contributed by atoms with E-state index in [1.165, 1.54) is 11.1 Å². The summed E-state index contributed by atoms with van der Waals surface area (Å²) in [6.45, 7) is 13.4. The molecule has 1 heteroatoms. The van der Waals surface area contributed by atoms with Crippen molar-refractivity contribution >= 4 is 5.78 Å². The quantitative estimate of drug-likeness (QED) is 0.174. The van der Waals surface area contributed by atoms with Crippen molar-refractivity contribution in [3.63, 3.8) is 0 Å². The Bertz CT molecular complexity index is 1850. The predicted molar refractivity (Wildman–Crippen MR) is 195 cm³/mol. The first kappa shape index (κ1) is 31.0. The number of benzene rings is 6. The molecule has 0 heterocycles. The van der Waals surface area contributed by atoms with Crippen molar-refractivity contribution in [1.29, 1.82) is 0 Å². The second kappa shape index (κ2) is 12.4. The Balaban J connectivity index is 1.61. The van der Waals surface area contributed by atoms with Gasteiger partial charge < -0.3 is 0 Å². The maximum absolute atomic E-state index is 15.2. The highest BCUT2D eigenvalue weighted by Crippen LogP contribution is 2.39. The van der Waals surface area contributed by atoms with Crippen molar-refractivity contribution < 1.29 is 4.79 Å². The zero-order valence-electron chi connectivity index (χ0n) is 27.8. The summed E-state index contributed by atoms with van der Waals surface area (Å²) in [5.41, 5.74) is 12.1. The standard InChI is InChI=1S/C45H42O/c1-44(2,3)41-23-15-13-21-37(41)33-25-27-35(31-17-9-7-10-18-31)39(29-33)43(46)40-30-34(26-28-36(40)32-19-11-8-12-20-32)38-22-14-16-24-42(38)45(4,5)6/h7-30H,1-6H3. The van der Waals surface area contributed by atoms with Gasteiger partial charge >= 0.3 is 0 Å². The SMILES string of the molecule is CC(C)(C)c1ccccc1-c1ccc(-c2ccccc2)c(C(=O)c2cc(-c3ccccc3C(C)(C)C)ccc2-c2ccccc2)c1. The molecule has 0 amide bonds. The van der Waals surface area contributed by atoms with Crippen molar-refractivity contribution in [1.82, 2.24) is 0 Å². The second-order valence-corrected chi connectivity index (χ2v) is 14.2. The highest BCUT2D eigenvalue weighted by atomic mass is 16.1. The molecule has 1 nitrogen and oxygen atoms in total. The maximum atomic E-state index is 15.2. The molecule has 0 unspecified atom stereocenters. The Labute approximate surface area is 274 Å². The van der Waals surface area contributed by atoms with Gasteiger partial charge in [0.2, 0.25) is 0 Å². The zero-order chi connectivity index (χ0) is 32.5. The molecule has 0 spiro atoms. The molecular weight excluding hydrogens is 556 g/mol. The van der Waals surface area contributed by atoms with E-state index in [-0.39, 0.29) is 16.6 Å². The van der Waals surface area contributed by atoms with Crippen LogP contribution >= 0.6 is 0 Å². The number of ketones is 1. The van der Waals surface area contributed by atoms with Crippen LogP contribution in [0.2, 0.25) is 0 Å². The molecule has 0 fully saturated rings. The highest BCUT2D eigenvalue weighted by Gasteiger charge is 2.24. The van der Waals surface area contributed by atoms with Gasteiger partial charge in [0.1, 0.15) is 0 Å². The Morgan fingerprint density at radius 3 is 1.09 bits per heavy atom. The van der Waals surface area contributed by atoms with Crippen molar-refractivity contribution in [3.05, 3.63) is 168 Å². The molecular formula is C45H42O. The van der Waals surface area contributed by atoms with E-state index in [9.17, 15) is 0 Å². The fourth-order valence-corrected chi connectivity index (χ4v) is 6.46. The van der Waals surface area contributed by atoms with Crippen LogP contribution in [0.3, 0.4) is 0 Å². The fraction of sp³-hybridized carbons (Fsp3) is 0.178. The topological polar surface area (TPSA) is 17.1 Å². The largest absolute Gasteiger partial charge is 0.289 e. The Kier molecular flexibility index (Phi) is 8.36. The van der Waals surface area contributed by atoms with Gasteiger partial charge in [0, 0.05) is 11.1 Å². The second-order valence-electron chi connectivity index (χ2n) is 14.2. The molecule has 0 aliphatic heterocycles. The molecule has 46 heavy (non-hydrogen) atoms. The van der Waals surface area contributed by atoms with Crippen LogP contribution in [0.15, 0.2) is 146 Å². The van der Waals surface area contributed by atoms with Crippen LogP contribution in [0.5, 0.6) is 0 Å². The van der Waals surface area contributed by atoms with Gasteiger partial charge in [-0.15, -0.1) is 0 Å². The molecule has 0 saturated heterocycles. The molecule has 6 rings (SSSR count). The minimum absolute atomic E-state index is 0.0166. The van der Waals surface area contributed by atoms with E-state index in [4.69, 9.17) is 0 Å². The average Bonchev–Trinajstić information content (AvgIpc) is 3.07. The van der Waals surface area contributed by atoms with Gasteiger partial charge in [0.15, 0.2) is 5.78 Å². The van der Waals surface area contributed by atoms with Gasteiger partial charge in [-0.1, -0.05) is 175 Å². The summed E-state index contributed by atoms with van der Waals surface area (Å²) < 4.78 is 0. The summed E-state index contributed by atoms with van der Waals surface area (Å²) in [5.74, 6) is 0.0166. The van der Waals surface area contributed by atoms with Crippen molar-refractivity contribution in [2.24, 2.45) is 0 Å². The fourth-order valence-electron chi connectivity index (χ4n) is 6.46. The number of hydrogen-bond acceptors (Lipinski definition) is 1. The lowest BCUT2D eigenvalue weighted by molar-refractivity contribution is 0.104. The molecule has 228 valence electrons. The van der Waals surface area contributed by atoms with E-state index in [1.54, 1.807) is 0 Å². The summed E-state index contributed by atoms with van der Waals surface area (Å²) in [6, 6.07) is 50.4. The Morgan fingerprint density at radius 1 is 0.370 bits per heavy atom. The van der Waals surface area contributed by atoms with E-state index in [1.807, 2.05) is 36.4 Å². The van der Waals surface area contributed by atoms with Gasteiger partial charge in [0.25, 0.3) is 0 Å². The molecule has 0 N–H and O–H groups in total. The summed E-state index contributed by atoms with van der Waals surface area (Å²) in [7, 11) is 0. The number of carbonyl (C=O) groups excluding carboxylic acids is 1. The van der Waals surface area contributed by atoms with Crippen LogP contribution < -0.4 is 0 Å². The first-order chi connectivity index (χ1) is 22.0. The lowest BCUT2D eigenvalue weighted by Crippen LogP contribution is -2.13. The lowest BCUT2D eigenvalue weighted by atomic mass is 9.80. The molecule has 0 saturated carbocycles. The maximum Gasteiger partial charge on any atom is 0.194 e. The number of rotatable bonds is 6. The molecule has 0 atom stereocenters. The monoisotopic (exact) mass is 598 g/mol. The minimum Gasteiger partial charge on any atom is -0.289 e. The summed E-state index contributed by atoms with van der Waals surface area (Å²) >= 11 is 0. The van der Waals surface area contributed by atoms with E-state index in [0.717, 1.165) is 44.5 Å². The Morgan fingerprint density at radius 2 is 0.717 bits per heavy atom. The lowest BCUT2D eigenvalue weighted by Gasteiger charge is -2.24. The molecule has 0 aromatic heterocycles. The first-order valence-corrected chi connectivity index (χ1v) is 16.2. The first-order valence-electron chi connectivity index (χ1n) is 16.2. The van der Waals surface area contributed by atoms with Crippen molar-refractivity contribution in [3.8, 4) is 44.5 Å². The van der Waals surface area contributed by atoms with E-state index < -0.39 is 0 Å². The van der Waals surface area contributed by atoms with Gasteiger partial charge in [-0.05, 0) is 78.6 Å².